The van der Waals surface area contributed by atoms with Crippen LogP contribution in [0, 0.1) is 0 Å². The number of aromatic nitrogens is 1. The highest BCUT2D eigenvalue weighted by atomic mass is 19.4. The first-order valence-electron chi connectivity index (χ1n) is 12.7. The molecule has 2 aromatic carbocycles. The number of benzene rings is 2. The Morgan fingerprint density at radius 2 is 1.55 bits per heavy atom. The van der Waals surface area contributed by atoms with Crippen molar-refractivity contribution in [1.29, 1.82) is 0 Å². The monoisotopic (exact) mass is 559 g/mol. The number of urea groups is 1. The van der Waals surface area contributed by atoms with Crippen LogP contribution in [0.3, 0.4) is 0 Å². The van der Waals surface area contributed by atoms with E-state index < -0.39 is 17.8 Å². The zero-order valence-electron chi connectivity index (χ0n) is 22.5. The van der Waals surface area contributed by atoms with Crippen molar-refractivity contribution >= 4 is 23.2 Å². The van der Waals surface area contributed by atoms with E-state index in [1.807, 2.05) is 18.2 Å². The van der Waals surface area contributed by atoms with Gasteiger partial charge in [0.05, 0.1) is 38.8 Å². The smallest absolute Gasteiger partial charge is 0.416 e. The number of carbonyl (C=O) groups is 1. The third-order valence-electron chi connectivity index (χ3n) is 6.57. The molecule has 4 rings (SSSR count). The maximum absolute atomic E-state index is 12.7. The molecule has 40 heavy (non-hydrogen) atoms. The van der Waals surface area contributed by atoms with Crippen LogP contribution in [0.2, 0.25) is 0 Å². The predicted molar refractivity (Wildman–Crippen MR) is 147 cm³/mol. The first kappa shape index (κ1) is 28.8. The van der Waals surface area contributed by atoms with E-state index in [9.17, 15) is 18.0 Å². The molecule has 1 fully saturated rings. The second kappa shape index (κ2) is 12.8. The molecule has 12 heteroatoms. The third kappa shape index (κ3) is 7.06. The number of rotatable bonds is 8. The molecular weight excluding hydrogens is 527 g/mol. The van der Waals surface area contributed by atoms with Gasteiger partial charge in [-0.05, 0) is 48.9 Å². The van der Waals surface area contributed by atoms with Gasteiger partial charge in [-0.25, -0.2) is 9.78 Å². The number of pyridine rings is 1. The molecule has 1 aromatic heterocycles. The summed E-state index contributed by atoms with van der Waals surface area (Å²) in [7, 11) is 4.80. The fraction of sp³-hybridized carbons (Fsp3) is 0.357. The van der Waals surface area contributed by atoms with Gasteiger partial charge in [0.25, 0.3) is 0 Å². The van der Waals surface area contributed by atoms with Crippen LogP contribution in [0.1, 0.15) is 17.5 Å². The Hall–Kier alpha value is -4.19. The maximum Gasteiger partial charge on any atom is 0.416 e. The lowest BCUT2D eigenvalue weighted by molar-refractivity contribution is -0.137. The van der Waals surface area contributed by atoms with Crippen molar-refractivity contribution in [2.24, 2.45) is 0 Å². The number of nitrogens with one attached hydrogen (secondary N) is 2. The zero-order valence-corrected chi connectivity index (χ0v) is 22.5. The first-order chi connectivity index (χ1) is 19.2. The Kier molecular flexibility index (Phi) is 9.20. The van der Waals surface area contributed by atoms with Gasteiger partial charge in [0, 0.05) is 44.0 Å². The minimum absolute atomic E-state index is 0.245. The molecule has 0 radical (unpaired) electrons. The molecule has 1 aliphatic heterocycles. The molecule has 0 aliphatic carbocycles. The lowest BCUT2D eigenvalue weighted by Crippen LogP contribution is -2.31. The molecule has 0 atom stereocenters. The molecule has 3 aromatic rings. The summed E-state index contributed by atoms with van der Waals surface area (Å²) in [6.07, 6.45) is -1.94. The summed E-state index contributed by atoms with van der Waals surface area (Å²) in [6.45, 7) is 4.01. The number of carbonyl (C=O) groups excluding carboxylic acids is 1. The number of hydrogen-bond donors (Lipinski definition) is 2. The van der Waals surface area contributed by atoms with Gasteiger partial charge in [0.1, 0.15) is 5.82 Å². The topological polar surface area (TPSA) is 88.2 Å². The molecule has 1 aliphatic rings. The summed E-state index contributed by atoms with van der Waals surface area (Å²) in [5.74, 6) is 2.64. The van der Waals surface area contributed by atoms with Crippen LogP contribution in [-0.2, 0) is 12.7 Å². The van der Waals surface area contributed by atoms with Crippen LogP contribution in [0.25, 0.3) is 0 Å². The second-order valence-electron chi connectivity index (χ2n) is 9.17. The number of nitrogens with zero attached hydrogens (tertiary/aromatic N) is 3. The molecule has 0 saturated carbocycles. The highest BCUT2D eigenvalue weighted by molar-refractivity contribution is 5.99. The highest BCUT2D eigenvalue weighted by Gasteiger charge is 2.30. The van der Waals surface area contributed by atoms with Crippen LogP contribution < -0.4 is 29.7 Å². The average molecular weight is 560 g/mol. The number of anilines is 3. The minimum Gasteiger partial charge on any atom is -0.493 e. The highest BCUT2D eigenvalue weighted by Crippen LogP contribution is 2.40. The van der Waals surface area contributed by atoms with Crippen molar-refractivity contribution in [3.63, 3.8) is 0 Å². The number of ether oxygens (including phenoxy) is 3. The van der Waals surface area contributed by atoms with Crippen LogP contribution in [0.15, 0.2) is 54.7 Å². The van der Waals surface area contributed by atoms with Crippen molar-refractivity contribution in [2.45, 2.75) is 19.1 Å². The lowest BCUT2D eigenvalue weighted by atomic mass is 10.1. The standard InChI is InChI=1S/C28H32F3N5O4/c1-38-23-11-5-19(25(39-2)26(23)40-3)18-35-13-4-14-36(16-15-35)24-12-10-22(17-32-24)34-27(37)33-21-8-6-20(7-9-21)28(29,30)31/h5-12,17H,4,13-16,18H2,1-3H3,(H2,33,34,37). The number of alkyl halides is 3. The largest absolute Gasteiger partial charge is 0.493 e. The predicted octanol–water partition coefficient (Wildman–Crippen LogP) is 5.48. The van der Waals surface area contributed by atoms with E-state index >= 15 is 0 Å². The van der Waals surface area contributed by atoms with Crippen LogP contribution in [-0.4, -0.2) is 63.4 Å². The van der Waals surface area contributed by atoms with Gasteiger partial charge in [0.15, 0.2) is 11.5 Å². The maximum atomic E-state index is 12.7. The molecule has 2 amide bonds. The second-order valence-corrected chi connectivity index (χ2v) is 9.17. The Labute approximate surface area is 230 Å². The van der Waals surface area contributed by atoms with Crippen molar-refractivity contribution in [3.8, 4) is 17.2 Å². The molecule has 2 N–H and O–H groups in total. The number of amides is 2. The molecule has 0 bridgehead atoms. The van der Waals surface area contributed by atoms with Crippen LogP contribution >= 0.6 is 0 Å². The van der Waals surface area contributed by atoms with E-state index in [1.165, 1.54) is 12.1 Å². The van der Waals surface area contributed by atoms with Gasteiger partial charge < -0.3 is 29.7 Å². The van der Waals surface area contributed by atoms with Crippen molar-refractivity contribution < 1.29 is 32.2 Å². The molecular formula is C28H32F3N5O4. The van der Waals surface area contributed by atoms with Crippen LogP contribution in [0.5, 0.6) is 17.2 Å². The Balaban J connectivity index is 1.32. The number of methoxy groups -OCH3 is 3. The van der Waals surface area contributed by atoms with E-state index in [0.717, 1.165) is 56.1 Å². The molecule has 214 valence electrons. The van der Waals surface area contributed by atoms with Crippen molar-refractivity contribution in [1.82, 2.24) is 9.88 Å². The van der Waals surface area contributed by atoms with E-state index in [-0.39, 0.29) is 5.69 Å². The third-order valence-corrected chi connectivity index (χ3v) is 6.57. The molecule has 9 nitrogen and oxygen atoms in total. The summed E-state index contributed by atoms with van der Waals surface area (Å²) < 4.78 is 54.7. The first-order valence-corrected chi connectivity index (χ1v) is 12.7. The summed E-state index contributed by atoms with van der Waals surface area (Å²) in [5, 5.41) is 5.16. The van der Waals surface area contributed by atoms with Gasteiger partial charge in [-0.15, -0.1) is 0 Å². The summed E-state index contributed by atoms with van der Waals surface area (Å²) >= 11 is 0. The Bertz CT molecular complexity index is 1290. The number of halogens is 3. The Morgan fingerprint density at radius 3 is 2.17 bits per heavy atom. The van der Waals surface area contributed by atoms with E-state index in [2.05, 4.69) is 25.4 Å². The number of hydrogen-bond acceptors (Lipinski definition) is 7. The van der Waals surface area contributed by atoms with Crippen molar-refractivity contribution in [3.05, 3.63) is 65.9 Å². The normalized spacial score (nSPS) is 14.3. The molecule has 1 saturated heterocycles. The van der Waals surface area contributed by atoms with E-state index in [0.29, 0.717) is 29.5 Å². The fourth-order valence-electron chi connectivity index (χ4n) is 4.57. The van der Waals surface area contributed by atoms with E-state index in [1.54, 1.807) is 33.6 Å². The summed E-state index contributed by atoms with van der Waals surface area (Å²) in [5.41, 5.74) is 0.937. The summed E-state index contributed by atoms with van der Waals surface area (Å²) in [6, 6.07) is 11.1. The van der Waals surface area contributed by atoms with Crippen LogP contribution in [0.4, 0.5) is 35.2 Å². The lowest BCUT2D eigenvalue weighted by Gasteiger charge is -2.24. The van der Waals surface area contributed by atoms with Gasteiger partial charge in [0.2, 0.25) is 5.75 Å². The van der Waals surface area contributed by atoms with Gasteiger partial charge in [-0.3, -0.25) is 4.90 Å². The molecule has 0 unspecified atom stereocenters. The average Bonchev–Trinajstić information content (AvgIpc) is 3.18. The van der Waals surface area contributed by atoms with E-state index in [4.69, 9.17) is 14.2 Å². The Morgan fingerprint density at radius 1 is 0.850 bits per heavy atom. The van der Waals surface area contributed by atoms with Crippen molar-refractivity contribution in [2.75, 3.05) is 63.0 Å². The quantitative estimate of drug-likeness (QED) is 0.378. The van der Waals surface area contributed by atoms with Gasteiger partial charge >= 0.3 is 12.2 Å². The zero-order chi connectivity index (χ0) is 28.7. The van der Waals surface area contributed by atoms with Gasteiger partial charge in [-0.2, -0.15) is 13.2 Å². The minimum atomic E-state index is -4.43. The molecule has 0 spiro atoms. The van der Waals surface area contributed by atoms with Gasteiger partial charge in [-0.1, -0.05) is 6.07 Å². The SMILES string of the molecule is COc1ccc(CN2CCCN(c3ccc(NC(=O)Nc4ccc(C(F)(F)F)cc4)cn3)CC2)c(OC)c1OC. The summed E-state index contributed by atoms with van der Waals surface area (Å²) in [4.78, 5) is 21.3. The fourth-order valence-corrected chi connectivity index (χ4v) is 4.57. The molecule has 2 heterocycles.